The third-order valence-corrected chi connectivity index (χ3v) is 2.60. The molecule has 0 fully saturated rings. The first-order chi connectivity index (χ1) is 6.24. The Bertz CT molecular complexity index is 285. The highest BCUT2D eigenvalue weighted by Gasteiger charge is 2.08. The van der Waals surface area contributed by atoms with Gasteiger partial charge in [0.1, 0.15) is 0 Å². The number of thiophene rings is 1. The average Bonchev–Trinajstić information content (AvgIpc) is 2.53. The molecule has 1 aromatic rings. The maximum Gasteiger partial charge on any atom is 0.326 e. The molecule has 1 N–H and O–H groups in total. The van der Waals surface area contributed by atoms with Gasteiger partial charge >= 0.3 is 5.00 Å². The second-order valence-corrected chi connectivity index (χ2v) is 3.74. The lowest BCUT2D eigenvalue weighted by atomic mass is 10.3. The molecule has 5 heteroatoms. The van der Waals surface area contributed by atoms with E-state index in [9.17, 15) is 10.1 Å². The molecule has 0 radical (unpaired) electrons. The lowest BCUT2D eigenvalue weighted by Gasteiger charge is -1.99. The molecule has 1 rings (SSSR count). The highest BCUT2D eigenvalue weighted by Crippen LogP contribution is 2.27. The summed E-state index contributed by atoms with van der Waals surface area (Å²) in [5.41, 5.74) is 0. The van der Waals surface area contributed by atoms with Crippen molar-refractivity contribution < 1.29 is 4.92 Å². The molecule has 0 aliphatic rings. The van der Waals surface area contributed by atoms with Crippen LogP contribution < -0.4 is 5.32 Å². The minimum atomic E-state index is -0.365. The van der Waals surface area contributed by atoms with Crippen molar-refractivity contribution in [2.24, 2.45) is 0 Å². The van der Waals surface area contributed by atoms with Gasteiger partial charge in [-0.05, 0) is 23.8 Å². The molecule has 0 saturated carbocycles. The molecule has 0 spiro atoms. The second kappa shape index (κ2) is 4.81. The van der Waals surface area contributed by atoms with E-state index in [1.165, 1.54) is 17.4 Å². The van der Waals surface area contributed by atoms with Crippen LogP contribution in [0.5, 0.6) is 0 Å². The lowest BCUT2D eigenvalue weighted by Crippen LogP contribution is -1.97. The molecule has 0 bridgehead atoms. The van der Waals surface area contributed by atoms with Crippen molar-refractivity contribution in [3.05, 3.63) is 22.2 Å². The van der Waals surface area contributed by atoms with Crippen LogP contribution in [0.1, 0.15) is 19.8 Å². The van der Waals surface area contributed by atoms with Gasteiger partial charge in [0.25, 0.3) is 0 Å². The first kappa shape index (κ1) is 9.98. The minimum Gasteiger partial charge on any atom is -0.377 e. The fourth-order valence-electron chi connectivity index (χ4n) is 0.909. The van der Waals surface area contributed by atoms with Crippen LogP contribution in [0.25, 0.3) is 0 Å². The van der Waals surface area contributed by atoms with Gasteiger partial charge in [-0.1, -0.05) is 13.3 Å². The second-order valence-electron chi connectivity index (χ2n) is 2.68. The summed E-state index contributed by atoms with van der Waals surface area (Å²) in [6.45, 7) is 2.99. The Kier molecular flexibility index (Phi) is 3.70. The summed E-state index contributed by atoms with van der Waals surface area (Å²) in [4.78, 5) is 9.97. The molecule has 4 nitrogen and oxygen atoms in total. The summed E-state index contributed by atoms with van der Waals surface area (Å²) in [5, 5.41) is 14.5. The van der Waals surface area contributed by atoms with Crippen LogP contribution in [0.4, 0.5) is 10.0 Å². The van der Waals surface area contributed by atoms with Crippen molar-refractivity contribution in [2.45, 2.75) is 19.8 Å². The van der Waals surface area contributed by atoms with Crippen LogP contribution in [0, 0.1) is 10.1 Å². The number of unbranched alkanes of at least 4 members (excludes halogenated alkanes) is 1. The van der Waals surface area contributed by atoms with Crippen molar-refractivity contribution in [3.63, 3.8) is 0 Å². The number of hydrogen-bond acceptors (Lipinski definition) is 4. The highest BCUT2D eigenvalue weighted by atomic mass is 32.1. The quantitative estimate of drug-likeness (QED) is 0.451. The third-order valence-electron chi connectivity index (χ3n) is 1.60. The Hall–Kier alpha value is -1.10. The predicted octanol–water partition coefficient (Wildman–Crippen LogP) is 2.87. The van der Waals surface area contributed by atoms with E-state index >= 15 is 0 Å². The molecule has 0 unspecified atom stereocenters. The standard InChI is InChI=1S/C8H12N2O2S/c1-2-3-6-9-7-4-5-8(13-7)10(11)12/h4-5,9H,2-3,6H2,1H3. The lowest BCUT2D eigenvalue weighted by molar-refractivity contribution is -0.380. The van der Waals surface area contributed by atoms with Gasteiger partial charge in [-0.2, -0.15) is 0 Å². The van der Waals surface area contributed by atoms with E-state index in [0.717, 1.165) is 24.4 Å². The monoisotopic (exact) mass is 200 g/mol. The number of nitrogens with one attached hydrogen (secondary N) is 1. The first-order valence-corrected chi connectivity index (χ1v) is 5.03. The van der Waals surface area contributed by atoms with E-state index in [4.69, 9.17) is 0 Å². The summed E-state index contributed by atoms with van der Waals surface area (Å²) in [6.07, 6.45) is 2.21. The maximum absolute atomic E-state index is 10.3. The van der Waals surface area contributed by atoms with Gasteiger partial charge in [-0.15, -0.1) is 0 Å². The molecular formula is C8H12N2O2S. The van der Waals surface area contributed by atoms with Gasteiger partial charge in [0, 0.05) is 12.6 Å². The van der Waals surface area contributed by atoms with Gasteiger partial charge in [0.05, 0.1) is 9.92 Å². The number of nitrogens with zero attached hydrogens (tertiary/aromatic N) is 1. The summed E-state index contributed by atoms with van der Waals surface area (Å²) in [5.74, 6) is 0. The average molecular weight is 200 g/mol. The van der Waals surface area contributed by atoms with E-state index in [2.05, 4.69) is 12.2 Å². The van der Waals surface area contributed by atoms with E-state index in [1.807, 2.05) is 0 Å². The van der Waals surface area contributed by atoms with Crippen molar-refractivity contribution in [2.75, 3.05) is 11.9 Å². The highest BCUT2D eigenvalue weighted by molar-refractivity contribution is 7.19. The summed E-state index contributed by atoms with van der Waals surface area (Å²) in [7, 11) is 0. The van der Waals surface area contributed by atoms with Gasteiger partial charge in [0.15, 0.2) is 0 Å². The zero-order valence-corrected chi connectivity index (χ0v) is 8.26. The Morgan fingerprint density at radius 1 is 1.62 bits per heavy atom. The Morgan fingerprint density at radius 3 is 2.92 bits per heavy atom. The van der Waals surface area contributed by atoms with E-state index in [0.29, 0.717) is 0 Å². The van der Waals surface area contributed by atoms with Crippen LogP contribution in [-0.4, -0.2) is 11.5 Å². The Morgan fingerprint density at radius 2 is 2.38 bits per heavy atom. The summed E-state index contributed by atoms with van der Waals surface area (Å²) in [6, 6.07) is 3.28. The van der Waals surface area contributed by atoms with Crippen LogP contribution in [0.3, 0.4) is 0 Å². The molecule has 0 atom stereocenters. The summed E-state index contributed by atoms with van der Waals surface area (Å²) < 4.78 is 0. The normalized spacial score (nSPS) is 9.92. The Balaban J connectivity index is 2.44. The number of rotatable bonds is 5. The molecule has 0 aliphatic carbocycles. The zero-order chi connectivity index (χ0) is 9.68. The molecule has 13 heavy (non-hydrogen) atoms. The molecule has 0 aliphatic heterocycles. The van der Waals surface area contributed by atoms with Gasteiger partial charge in [0.2, 0.25) is 0 Å². The number of nitro groups is 1. The van der Waals surface area contributed by atoms with Gasteiger partial charge in [-0.25, -0.2) is 0 Å². The number of anilines is 1. The van der Waals surface area contributed by atoms with Crippen LogP contribution in [0.15, 0.2) is 12.1 Å². The molecule has 0 amide bonds. The molecular weight excluding hydrogens is 188 g/mol. The molecule has 72 valence electrons. The van der Waals surface area contributed by atoms with E-state index in [1.54, 1.807) is 6.07 Å². The van der Waals surface area contributed by atoms with Gasteiger partial charge < -0.3 is 5.32 Å². The predicted molar refractivity (Wildman–Crippen MR) is 54.4 cm³/mol. The Labute approximate surface area is 80.7 Å². The third kappa shape index (κ3) is 3.02. The topological polar surface area (TPSA) is 55.2 Å². The molecule has 0 aromatic carbocycles. The fourth-order valence-corrected chi connectivity index (χ4v) is 1.66. The molecule has 1 aromatic heterocycles. The van der Waals surface area contributed by atoms with Crippen molar-refractivity contribution in [3.8, 4) is 0 Å². The van der Waals surface area contributed by atoms with Crippen LogP contribution >= 0.6 is 11.3 Å². The van der Waals surface area contributed by atoms with Crippen molar-refractivity contribution in [1.29, 1.82) is 0 Å². The van der Waals surface area contributed by atoms with Crippen molar-refractivity contribution in [1.82, 2.24) is 0 Å². The smallest absolute Gasteiger partial charge is 0.326 e. The first-order valence-electron chi connectivity index (χ1n) is 4.22. The van der Waals surface area contributed by atoms with Crippen molar-refractivity contribution >= 4 is 21.3 Å². The van der Waals surface area contributed by atoms with E-state index < -0.39 is 0 Å². The maximum atomic E-state index is 10.3. The van der Waals surface area contributed by atoms with E-state index in [-0.39, 0.29) is 9.92 Å². The molecule has 0 saturated heterocycles. The van der Waals surface area contributed by atoms with Crippen LogP contribution in [0.2, 0.25) is 0 Å². The molecule has 1 heterocycles. The SMILES string of the molecule is CCCCNc1ccc([N+](=O)[O-])s1. The largest absolute Gasteiger partial charge is 0.377 e. The zero-order valence-electron chi connectivity index (χ0n) is 7.45. The number of hydrogen-bond donors (Lipinski definition) is 1. The van der Waals surface area contributed by atoms with Gasteiger partial charge in [-0.3, -0.25) is 10.1 Å². The summed E-state index contributed by atoms with van der Waals surface area (Å²) >= 11 is 1.18. The van der Waals surface area contributed by atoms with Crippen LogP contribution in [-0.2, 0) is 0 Å². The minimum absolute atomic E-state index is 0.194. The fraction of sp³-hybridized carbons (Fsp3) is 0.500.